The number of rotatable bonds is 5. The first-order chi connectivity index (χ1) is 17.7. The average molecular weight is 521 g/mol. The molecule has 5 nitrogen and oxygen atoms in total. The molecule has 0 aliphatic rings. The van der Waals surface area contributed by atoms with Gasteiger partial charge in [-0.25, -0.2) is 4.98 Å². The highest BCUT2D eigenvalue weighted by Gasteiger charge is 2.30. The number of carbonyl (C=O) groups is 1. The Kier molecular flexibility index (Phi) is 6.35. The Morgan fingerprint density at radius 1 is 0.946 bits per heavy atom. The van der Waals surface area contributed by atoms with Crippen LogP contribution in [0.2, 0.25) is 5.02 Å². The molecule has 1 amide bonds. The van der Waals surface area contributed by atoms with E-state index in [9.17, 15) is 18.0 Å². The van der Waals surface area contributed by atoms with E-state index < -0.39 is 17.6 Å². The fraction of sp³-hybridized carbons (Fsp3) is 0.0714. The molecule has 0 aliphatic heterocycles. The highest BCUT2D eigenvalue weighted by molar-refractivity contribution is 6.30. The summed E-state index contributed by atoms with van der Waals surface area (Å²) in [4.78, 5) is 20.5. The molecular formula is C28H20ClF3N4O. The summed E-state index contributed by atoms with van der Waals surface area (Å²) in [5.74, 6) is -0.636. The van der Waals surface area contributed by atoms with E-state index in [1.165, 1.54) is 12.1 Å². The van der Waals surface area contributed by atoms with Crippen molar-refractivity contribution < 1.29 is 18.0 Å². The van der Waals surface area contributed by atoms with E-state index in [0.29, 0.717) is 16.4 Å². The number of pyridine rings is 1. The molecule has 0 unspecified atom stereocenters. The van der Waals surface area contributed by atoms with Crippen LogP contribution in [-0.2, 0) is 6.18 Å². The van der Waals surface area contributed by atoms with Gasteiger partial charge in [0.05, 0.1) is 16.9 Å². The number of nitrogens with one attached hydrogen (secondary N) is 3. The minimum absolute atomic E-state index is 0.0827. The quantitative estimate of drug-likeness (QED) is 0.219. The minimum atomic E-state index is -4.53. The summed E-state index contributed by atoms with van der Waals surface area (Å²) >= 11 is 6.03. The zero-order chi connectivity index (χ0) is 26.2. The van der Waals surface area contributed by atoms with Gasteiger partial charge in [-0.2, -0.15) is 13.2 Å². The lowest BCUT2D eigenvalue weighted by Crippen LogP contribution is -2.14. The van der Waals surface area contributed by atoms with E-state index in [4.69, 9.17) is 16.6 Å². The lowest BCUT2D eigenvalue weighted by Gasteiger charge is -2.15. The van der Waals surface area contributed by atoms with Crippen LogP contribution >= 0.6 is 11.6 Å². The number of aryl methyl sites for hydroxylation is 1. The molecular weight excluding hydrogens is 501 g/mol. The van der Waals surface area contributed by atoms with E-state index in [1.807, 2.05) is 37.3 Å². The Balaban J connectivity index is 1.44. The number of anilines is 3. The van der Waals surface area contributed by atoms with Gasteiger partial charge >= 0.3 is 6.18 Å². The van der Waals surface area contributed by atoms with Crippen LogP contribution < -0.4 is 10.6 Å². The largest absolute Gasteiger partial charge is 0.416 e. The maximum atomic E-state index is 13.1. The minimum Gasteiger partial charge on any atom is -0.355 e. The van der Waals surface area contributed by atoms with E-state index in [2.05, 4.69) is 15.6 Å². The molecule has 2 aromatic heterocycles. The second-order valence-electron chi connectivity index (χ2n) is 8.49. The summed E-state index contributed by atoms with van der Waals surface area (Å²) < 4.78 is 39.2. The molecule has 2 heterocycles. The third-order valence-corrected chi connectivity index (χ3v) is 6.14. The lowest BCUT2D eigenvalue weighted by molar-refractivity contribution is -0.137. The molecule has 9 heteroatoms. The van der Waals surface area contributed by atoms with Crippen LogP contribution in [-0.4, -0.2) is 15.9 Å². The molecule has 0 atom stereocenters. The van der Waals surface area contributed by atoms with Crippen LogP contribution in [0.4, 0.5) is 30.2 Å². The van der Waals surface area contributed by atoms with Gasteiger partial charge in [-0.15, -0.1) is 0 Å². The van der Waals surface area contributed by atoms with Gasteiger partial charge in [-0.1, -0.05) is 35.9 Å². The summed E-state index contributed by atoms with van der Waals surface area (Å²) in [7, 11) is 0. The van der Waals surface area contributed by atoms with Crippen molar-refractivity contribution in [1.29, 1.82) is 0 Å². The highest BCUT2D eigenvalue weighted by Crippen LogP contribution is 2.33. The fourth-order valence-corrected chi connectivity index (χ4v) is 4.06. The smallest absolute Gasteiger partial charge is 0.355 e. The van der Waals surface area contributed by atoms with Gasteiger partial charge in [0.25, 0.3) is 5.91 Å². The number of carbonyl (C=O) groups excluding carboxylic acids is 1. The van der Waals surface area contributed by atoms with Crippen molar-refractivity contribution in [2.75, 3.05) is 10.6 Å². The Hall–Kier alpha value is -4.30. The van der Waals surface area contributed by atoms with Crippen molar-refractivity contribution in [3.05, 3.63) is 107 Å². The third-order valence-electron chi connectivity index (χ3n) is 5.89. The monoisotopic (exact) mass is 520 g/mol. The van der Waals surface area contributed by atoms with Crippen molar-refractivity contribution in [2.45, 2.75) is 13.1 Å². The Bertz CT molecular complexity index is 1610. The zero-order valence-electron chi connectivity index (χ0n) is 19.5. The molecule has 37 heavy (non-hydrogen) atoms. The molecule has 3 aromatic carbocycles. The maximum Gasteiger partial charge on any atom is 0.416 e. The molecule has 0 fully saturated rings. The number of benzene rings is 3. The molecule has 0 bridgehead atoms. The number of aromatic nitrogens is 2. The van der Waals surface area contributed by atoms with Gasteiger partial charge in [0.15, 0.2) is 0 Å². The zero-order valence-corrected chi connectivity index (χ0v) is 20.2. The van der Waals surface area contributed by atoms with Crippen molar-refractivity contribution in [3.63, 3.8) is 0 Å². The average Bonchev–Trinajstić information content (AvgIpc) is 3.35. The van der Waals surface area contributed by atoms with Crippen LogP contribution in [0.15, 0.2) is 85.1 Å². The number of alkyl halides is 3. The molecule has 0 saturated carbocycles. The van der Waals surface area contributed by atoms with Crippen molar-refractivity contribution in [3.8, 4) is 11.3 Å². The molecule has 3 N–H and O–H groups in total. The number of aromatic amines is 1. The summed E-state index contributed by atoms with van der Waals surface area (Å²) in [5, 5.41) is 7.61. The number of amides is 1. The van der Waals surface area contributed by atoms with Crippen molar-refractivity contribution in [1.82, 2.24) is 9.97 Å². The van der Waals surface area contributed by atoms with Crippen molar-refractivity contribution in [2.24, 2.45) is 0 Å². The van der Waals surface area contributed by atoms with Gasteiger partial charge in [-0.05, 0) is 67.1 Å². The van der Waals surface area contributed by atoms with Crippen LogP contribution in [0.25, 0.3) is 22.3 Å². The fourth-order valence-electron chi connectivity index (χ4n) is 3.93. The Morgan fingerprint density at radius 2 is 1.73 bits per heavy atom. The maximum absolute atomic E-state index is 13.1. The lowest BCUT2D eigenvalue weighted by atomic mass is 10.1. The van der Waals surface area contributed by atoms with Gasteiger partial charge in [0.2, 0.25) is 0 Å². The highest BCUT2D eigenvalue weighted by atomic mass is 35.5. The predicted molar refractivity (Wildman–Crippen MR) is 140 cm³/mol. The molecule has 0 aliphatic carbocycles. The number of H-pyrrole nitrogens is 1. The van der Waals surface area contributed by atoms with Crippen LogP contribution in [0.3, 0.4) is 0 Å². The first-order valence-electron chi connectivity index (χ1n) is 11.3. The van der Waals surface area contributed by atoms with Gasteiger partial charge < -0.3 is 15.6 Å². The standard InChI is InChI=1S/C28H20ClF3N4O/c1-16-5-10-21(34-27(37)18-3-2-4-19(13-18)28(30,31)32)14-23(16)35-25-15-24(17-6-8-20(29)9-7-17)36-26-22(25)11-12-33-26/h2-15H,1H3,(H,34,37)(H2,33,35,36). The number of hydrogen-bond donors (Lipinski definition) is 3. The number of halogens is 4. The molecule has 0 radical (unpaired) electrons. The van der Waals surface area contributed by atoms with E-state index >= 15 is 0 Å². The molecule has 5 aromatic rings. The first-order valence-corrected chi connectivity index (χ1v) is 11.7. The van der Waals surface area contributed by atoms with E-state index in [1.54, 1.807) is 30.5 Å². The van der Waals surface area contributed by atoms with Gasteiger partial charge in [0.1, 0.15) is 5.65 Å². The van der Waals surface area contributed by atoms with E-state index in [-0.39, 0.29) is 5.56 Å². The first kappa shape index (κ1) is 24.4. The summed E-state index contributed by atoms with van der Waals surface area (Å²) in [6.45, 7) is 1.91. The van der Waals surface area contributed by atoms with Gasteiger partial charge in [0, 0.05) is 39.1 Å². The summed E-state index contributed by atoms with van der Waals surface area (Å²) in [6, 6.07) is 20.8. The molecule has 5 rings (SSSR count). The molecule has 0 saturated heterocycles. The summed E-state index contributed by atoms with van der Waals surface area (Å²) in [5.41, 5.74) is 4.22. The Labute approximate surface area is 215 Å². The van der Waals surface area contributed by atoms with Crippen LogP contribution in [0.5, 0.6) is 0 Å². The van der Waals surface area contributed by atoms with Crippen molar-refractivity contribution >= 4 is 45.6 Å². The topological polar surface area (TPSA) is 69.8 Å². The third kappa shape index (κ3) is 5.29. The molecule has 0 spiro atoms. The molecule has 186 valence electrons. The van der Waals surface area contributed by atoms with Gasteiger partial charge in [-0.3, -0.25) is 4.79 Å². The van der Waals surface area contributed by atoms with Crippen LogP contribution in [0, 0.1) is 6.92 Å². The normalized spacial score (nSPS) is 11.5. The number of hydrogen-bond acceptors (Lipinski definition) is 3. The predicted octanol–water partition coefficient (Wildman–Crippen LogP) is 8.21. The second-order valence-corrected chi connectivity index (χ2v) is 8.93. The summed E-state index contributed by atoms with van der Waals surface area (Å²) in [6.07, 6.45) is -2.73. The Morgan fingerprint density at radius 3 is 2.49 bits per heavy atom. The SMILES string of the molecule is Cc1ccc(NC(=O)c2cccc(C(F)(F)F)c2)cc1Nc1cc(-c2ccc(Cl)cc2)nc2[nH]ccc12. The van der Waals surface area contributed by atoms with Crippen LogP contribution in [0.1, 0.15) is 21.5 Å². The second kappa shape index (κ2) is 9.63. The van der Waals surface area contributed by atoms with E-state index in [0.717, 1.165) is 45.7 Å². The number of nitrogens with zero attached hydrogens (tertiary/aromatic N) is 1. The number of fused-ring (bicyclic) bond motifs is 1.